The topological polar surface area (TPSA) is 82.5 Å². The lowest BCUT2D eigenvalue weighted by Crippen LogP contribution is -2.56. The van der Waals surface area contributed by atoms with E-state index in [1.54, 1.807) is 18.0 Å². The van der Waals surface area contributed by atoms with Gasteiger partial charge in [-0.2, -0.15) is 0 Å². The van der Waals surface area contributed by atoms with Crippen molar-refractivity contribution in [2.24, 2.45) is 11.8 Å². The summed E-state index contributed by atoms with van der Waals surface area (Å²) >= 11 is 0. The predicted molar refractivity (Wildman–Crippen MR) is 73.1 cm³/mol. The molecule has 2 rings (SSSR count). The van der Waals surface area contributed by atoms with Crippen LogP contribution in [0.5, 0.6) is 0 Å². The summed E-state index contributed by atoms with van der Waals surface area (Å²) in [5, 5.41) is 11.7. The van der Waals surface area contributed by atoms with Crippen LogP contribution in [0, 0.1) is 18.8 Å². The molecule has 0 radical (unpaired) electrons. The fourth-order valence-corrected chi connectivity index (χ4v) is 2.09. The van der Waals surface area contributed by atoms with Crippen LogP contribution in [0.2, 0.25) is 0 Å². The van der Waals surface area contributed by atoms with Crippen molar-refractivity contribution in [1.82, 2.24) is 15.2 Å². The number of urea groups is 1. The fourth-order valence-electron chi connectivity index (χ4n) is 2.09. The Kier molecular flexibility index (Phi) is 4.22. The summed E-state index contributed by atoms with van der Waals surface area (Å²) in [5.41, 5.74) is 1.88. The molecule has 2 heterocycles. The summed E-state index contributed by atoms with van der Waals surface area (Å²) in [5.74, 6) is -1.15. The zero-order valence-electron chi connectivity index (χ0n) is 11.7. The normalized spacial score (nSPS) is 16.4. The molecule has 1 aliphatic rings. The van der Waals surface area contributed by atoms with Crippen molar-refractivity contribution in [2.75, 3.05) is 13.1 Å². The van der Waals surface area contributed by atoms with Gasteiger partial charge in [-0.1, -0.05) is 13.0 Å². The van der Waals surface area contributed by atoms with Crippen LogP contribution in [0.3, 0.4) is 0 Å². The zero-order chi connectivity index (χ0) is 14.7. The second-order valence-corrected chi connectivity index (χ2v) is 5.26. The third kappa shape index (κ3) is 3.26. The Balaban J connectivity index is 1.75. The van der Waals surface area contributed by atoms with Crippen molar-refractivity contribution >= 4 is 12.0 Å². The monoisotopic (exact) mass is 277 g/mol. The van der Waals surface area contributed by atoms with E-state index in [0.717, 1.165) is 11.3 Å². The van der Waals surface area contributed by atoms with E-state index in [-0.39, 0.29) is 11.9 Å². The first-order valence-electron chi connectivity index (χ1n) is 6.64. The van der Waals surface area contributed by atoms with Crippen LogP contribution in [0.15, 0.2) is 18.3 Å². The second kappa shape index (κ2) is 5.90. The van der Waals surface area contributed by atoms with Crippen LogP contribution >= 0.6 is 0 Å². The molecule has 1 atom stereocenters. The maximum absolute atomic E-state index is 11.9. The number of nitrogens with zero attached hydrogens (tertiary/aromatic N) is 2. The molecule has 6 nitrogen and oxygen atoms in total. The van der Waals surface area contributed by atoms with Crippen molar-refractivity contribution in [1.29, 1.82) is 0 Å². The molecule has 0 bridgehead atoms. The van der Waals surface area contributed by atoms with Gasteiger partial charge in [0.2, 0.25) is 0 Å². The van der Waals surface area contributed by atoms with Crippen molar-refractivity contribution in [3.05, 3.63) is 29.6 Å². The highest BCUT2D eigenvalue weighted by molar-refractivity contribution is 5.76. The van der Waals surface area contributed by atoms with E-state index in [1.165, 1.54) is 0 Å². The standard InChI is InChI=1S/C14H19N3O3/c1-9-3-4-11(5-15-9)6-16-14(20)17-7-12(8-17)10(2)13(18)19/h3-5,10,12H,6-8H2,1-2H3,(H,16,20)(H,18,19). The summed E-state index contributed by atoms with van der Waals surface area (Å²) in [6.07, 6.45) is 1.74. The second-order valence-electron chi connectivity index (χ2n) is 5.26. The van der Waals surface area contributed by atoms with Crippen LogP contribution in [0.1, 0.15) is 18.2 Å². The van der Waals surface area contributed by atoms with Crippen molar-refractivity contribution in [3.63, 3.8) is 0 Å². The van der Waals surface area contributed by atoms with Gasteiger partial charge in [-0.3, -0.25) is 9.78 Å². The number of aryl methyl sites for hydroxylation is 1. The molecule has 0 aromatic carbocycles. The predicted octanol–water partition coefficient (Wildman–Crippen LogP) is 1.25. The zero-order valence-corrected chi connectivity index (χ0v) is 11.7. The Morgan fingerprint density at radius 3 is 2.75 bits per heavy atom. The number of aromatic nitrogens is 1. The molecule has 1 aromatic rings. The maximum Gasteiger partial charge on any atom is 0.317 e. The van der Waals surface area contributed by atoms with Gasteiger partial charge in [0.05, 0.1) is 5.92 Å². The number of amides is 2. The molecular weight excluding hydrogens is 258 g/mol. The Morgan fingerprint density at radius 1 is 1.50 bits per heavy atom. The molecule has 1 aromatic heterocycles. The van der Waals surface area contributed by atoms with Crippen LogP contribution in [-0.2, 0) is 11.3 Å². The third-order valence-corrected chi connectivity index (χ3v) is 3.71. The first kappa shape index (κ1) is 14.3. The Morgan fingerprint density at radius 2 is 2.20 bits per heavy atom. The highest BCUT2D eigenvalue weighted by Crippen LogP contribution is 2.23. The number of pyridine rings is 1. The van der Waals surface area contributed by atoms with Crippen LogP contribution in [0.4, 0.5) is 4.79 Å². The number of aliphatic carboxylic acids is 1. The Labute approximate surface area is 117 Å². The number of hydrogen-bond donors (Lipinski definition) is 2. The number of rotatable bonds is 4. The maximum atomic E-state index is 11.9. The number of likely N-dealkylation sites (tertiary alicyclic amines) is 1. The smallest absolute Gasteiger partial charge is 0.317 e. The van der Waals surface area contributed by atoms with Crippen molar-refractivity contribution in [3.8, 4) is 0 Å². The quantitative estimate of drug-likeness (QED) is 0.867. The number of carboxylic acids is 1. The minimum absolute atomic E-state index is 0.0549. The lowest BCUT2D eigenvalue weighted by molar-refractivity contribution is -0.144. The van der Waals surface area contributed by atoms with Crippen LogP contribution < -0.4 is 5.32 Å². The first-order valence-corrected chi connectivity index (χ1v) is 6.64. The minimum atomic E-state index is -0.805. The van der Waals surface area contributed by atoms with Crippen molar-refractivity contribution in [2.45, 2.75) is 20.4 Å². The third-order valence-electron chi connectivity index (χ3n) is 3.71. The van der Waals surface area contributed by atoms with Gasteiger partial charge in [-0.25, -0.2) is 4.79 Å². The first-order chi connectivity index (χ1) is 9.47. The van der Waals surface area contributed by atoms with E-state index in [4.69, 9.17) is 5.11 Å². The lowest BCUT2D eigenvalue weighted by atomic mass is 9.87. The largest absolute Gasteiger partial charge is 0.481 e. The Hall–Kier alpha value is -2.11. The number of carbonyl (C=O) groups is 2. The molecule has 0 spiro atoms. The van der Waals surface area contributed by atoms with Crippen LogP contribution in [0.25, 0.3) is 0 Å². The molecule has 1 aliphatic heterocycles. The van der Waals surface area contributed by atoms with Gasteiger partial charge in [-0.15, -0.1) is 0 Å². The number of carbonyl (C=O) groups excluding carboxylic acids is 1. The average molecular weight is 277 g/mol. The van der Waals surface area contributed by atoms with Gasteiger partial charge in [0.25, 0.3) is 0 Å². The van der Waals surface area contributed by atoms with E-state index in [0.29, 0.717) is 19.6 Å². The summed E-state index contributed by atoms with van der Waals surface area (Å²) in [6.45, 7) is 5.03. The fraction of sp³-hybridized carbons (Fsp3) is 0.500. The molecule has 20 heavy (non-hydrogen) atoms. The summed E-state index contributed by atoms with van der Waals surface area (Å²) in [7, 11) is 0. The number of carboxylic acid groups (broad SMARTS) is 1. The Bertz CT molecular complexity index is 495. The molecule has 2 N–H and O–H groups in total. The molecule has 1 saturated heterocycles. The molecule has 1 unspecified atom stereocenters. The SMILES string of the molecule is Cc1ccc(CNC(=O)N2CC(C(C)C(=O)O)C2)cn1. The van der Waals surface area contributed by atoms with Crippen LogP contribution in [-0.4, -0.2) is 40.1 Å². The highest BCUT2D eigenvalue weighted by atomic mass is 16.4. The number of nitrogens with one attached hydrogen (secondary N) is 1. The number of hydrogen-bond acceptors (Lipinski definition) is 3. The van der Waals surface area contributed by atoms with E-state index in [9.17, 15) is 9.59 Å². The van der Waals surface area contributed by atoms with Gasteiger partial charge in [0, 0.05) is 37.4 Å². The molecular formula is C14H19N3O3. The molecule has 0 aliphatic carbocycles. The van der Waals surface area contributed by atoms with Gasteiger partial charge >= 0.3 is 12.0 Å². The summed E-state index contributed by atoms with van der Waals surface area (Å²) in [4.78, 5) is 28.5. The van der Waals surface area contributed by atoms with E-state index in [1.807, 2.05) is 19.1 Å². The molecule has 0 saturated carbocycles. The van der Waals surface area contributed by atoms with Gasteiger partial charge < -0.3 is 15.3 Å². The lowest BCUT2D eigenvalue weighted by Gasteiger charge is -2.41. The van der Waals surface area contributed by atoms with Gasteiger partial charge in [-0.05, 0) is 18.6 Å². The highest BCUT2D eigenvalue weighted by Gasteiger charge is 2.36. The average Bonchev–Trinajstić information content (AvgIpc) is 2.36. The van der Waals surface area contributed by atoms with E-state index >= 15 is 0 Å². The van der Waals surface area contributed by atoms with Gasteiger partial charge in [0.15, 0.2) is 0 Å². The summed E-state index contributed by atoms with van der Waals surface area (Å²) < 4.78 is 0. The summed E-state index contributed by atoms with van der Waals surface area (Å²) in [6, 6.07) is 3.67. The molecule has 2 amide bonds. The molecule has 6 heteroatoms. The van der Waals surface area contributed by atoms with Crippen molar-refractivity contribution < 1.29 is 14.7 Å². The molecule has 108 valence electrons. The van der Waals surface area contributed by atoms with E-state index < -0.39 is 11.9 Å². The van der Waals surface area contributed by atoms with E-state index in [2.05, 4.69) is 10.3 Å². The minimum Gasteiger partial charge on any atom is -0.481 e. The molecule has 1 fully saturated rings. The van der Waals surface area contributed by atoms with Gasteiger partial charge in [0.1, 0.15) is 0 Å².